The van der Waals surface area contributed by atoms with Crippen molar-refractivity contribution in [2.75, 3.05) is 19.6 Å². The maximum Gasteiger partial charge on any atom is 0.123 e. The van der Waals surface area contributed by atoms with Gasteiger partial charge < -0.3 is 5.32 Å². The molecule has 0 spiro atoms. The molecule has 1 aliphatic rings. The van der Waals surface area contributed by atoms with Gasteiger partial charge in [-0.1, -0.05) is 44.0 Å². The van der Waals surface area contributed by atoms with Crippen molar-refractivity contribution in [1.82, 2.24) is 10.2 Å². The summed E-state index contributed by atoms with van der Waals surface area (Å²) in [5.74, 6) is -0.467. The van der Waals surface area contributed by atoms with Crippen molar-refractivity contribution >= 4 is 0 Å². The van der Waals surface area contributed by atoms with E-state index >= 15 is 0 Å². The predicted molar refractivity (Wildman–Crippen MR) is 97.5 cm³/mol. The second-order valence-electron chi connectivity index (χ2n) is 6.79. The van der Waals surface area contributed by atoms with Crippen LogP contribution in [-0.4, -0.2) is 30.6 Å². The van der Waals surface area contributed by atoms with Gasteiger partial charge >= 0.3 is 0 Å². The molecule has 1 aliphatic heterocycles. The molecule has 25 heavy (non-hydrogen) atoms. The largest absolute Gasteiger partial charge is 0.311 e. The molecule has 0 saturated carbocycles. The highest BCUT2D eigenvalue weighted by atomic mass is 19.1. The van der Waals surface area contributed by atoms with E-state index in [4.69, 9.17) is 0 Å². The van der Waals surface area contributed by atoms with Gasteiger partial charge in [0.15, 0.2) is 0 Å². The summed E-state index contributed by atoms with van der Waals surface area (Å²) in [6.45, 7) is 5.01. The third-order valence-electron chi connectivity index (χ3n) is 4.93. The Bertz CT molecular complexity index is 609. The van der Waals surface area contributed by atoms with Gasteiger partial charge in [0.25, 0.3) is 0 Å². The second kappa shape index (κ2) is 8.54. The lowest BCUT2D eigenvalue weighted by Gasteiger charge is -2.39. The number of rotatable bonds is 6. The number of unbranched alkanes of at least 4 members (excludes halogenated alkanes) is 1. The van der Waals surface area contributed by atoms with E-state index in [1.165, 1.54) is 37.1 Å². The molecule has 0 aliphatic carbocycles. The second-order valence-corrected chi connectivity index (χ2v) is 6.79. The van der Waals surface area contributed by atoms with Crippen molar-refractivity contribution in [2.45, 2.75) is 38.3 Å². The zero-order valence-electron chi connectivity index (χ0n) is 14.7. The Morgan fingerprint density at radius 2 is 1.56 bits per heavy atom. The normalized spacial score (nSPS) is 18.6. The summed E-state index contributed by atoms with van der Waals surface area (Å²) in [6, 6.07) is 13.9. The number of hydrogen-bond donors (Lipinski definition) is 1. The summed E-state index contributed by atoms with van der Waals surface area (Å²) in [7, 11) is 0. The topological polar surface area (TPSA) is 15.3 Å². The molecule has 0 unspecified atom stereocenters. The first-order chi connectivity index (χ1) is 12.2. The van der Waals surface area contributed by atoms with E-state index in [1.54, 1.807) is 0 Å². The molecule has 2 aromatic carbocycles. The van der Waals surface area contributed by atoms with Crippen LogP contribution in [0.15, 0.2) is 48.5 Å². The highest BCUT2D eigenvalue weighted by molar-refractivity contribution is 5.32. The fourth-order valence-corrected chi connectivity index (χ4v) is 3.63. The molecule has 1 saturated heterocycles. The summed E-state index contributed by atoms with van der Waals surface area (Å²) >= 11 is 0. The molecular formula is C21H26F2N2. The van der Waals surface area contributed by atoms with Gasteiger partial charge in [-0.2, -0.15) is 0 Å². The number of nitrogens with one attached hydrogen (secondary N) is 1. The van der Waals surface area contributed by atoms with Crippen LogP contribution in [0.3, 0.4) is 0 Å². The summed E-state index contributed by atoms with van der Waals surface area (Å²) in [5.41, 5.74) is 2.09. The highest BCUT2D eigenvalue weighted by Gasteiger charge is 2.27. The van der Waals surface area contributed by atoms with Crippen molar-refractivity contribution in [1.29, 1.82) is 0 Å². The van der Waals surface area contributed by atoms with Crippen molar-refractivity contribution in [3.05, 3.63) is 71.3 Å². The quantitative estimate of drug-likeness (QED) is 0.829. The van der Waals surface area contributed by atoms with Crippen molar-refractivity contribution in [2.24, 2.45) is 0 Å². The molecule has 3 rings (SSSR count). The Kier molecular flexibility index (Phi) is 6.16. The molecule has 0 aromatic heterocycles. The molecule has 4 heteroatoms. The standard InChI is InChI=1S/C21H26F2N2/c1-2-3-4-20-15-25(14-13-24-20)21(16-5-9-18(22)10-6-16)17-7-11-19(23)12-8-17/h5-12,20-21,24H,2-4,13-15H2,1H3/t20-/m0/s1. The van der Waals surface area contributed by atoms with Crippen molar-refractivity contribution < 1.29 is 8.78 Å². The molecular weight excluding hydrogens is 318 g/mol. The van der Waals surface area contributed by atoms with E-state index in [1.807, 2.05) is 24.3 Å². The van der Waals surface area contributed by atoms with Gasteiger partial charge in [0.05, 0.1) is 6.04 Å². The first-order valence-electron chi connectivity index (χ1n) is 9.15. The first-order valence-corrected chi connectivity index (χ1v) is 9.15. The average molecular weight is 344 g/mol. The number of piperazine rings is 1. The molecule has 134 valence electrons. The summed E-state index contributed by atoms with van der Waals surface area (Å²) in [4.78, 5) is 2.43. The van der Waals surface area contributed by atoms with Crippen LogP contribution < -0.4 is 5.32 Å². The Morgan fingerprint density at radius 1 is 1.00 bits per heavy atom. The van der Waals surface area contributed by atoms with E-state index in [0.29, 0.717) is 6.04 Å². The van der Waals surface area contributed by atoms with Crippen LogP contribution in [0.5, 0.6) is 0 Å². The first kappa shape index (κ1) is 18.0. The fraction of sp³-hybridized carbons (Fsp3) is 0.429. The summed E-state index contributed by atoms with van der Waals surface area (Å²) < 4.78 is 26.8. The van der Waals surface area contributed by atoms with E-state index in [-0.39, 0.29) is 17.7 Å². The van der Waals surface area contributed by atoms with Crippen LogP contribution in [0, 0.1) is 11.6 Å². The summed E-state index contributed by atoms with van der Waals surface area (Å²) in [5, 5.41) is 3.60. The minimum Gasteiger partial charge on any atom is -0.311 e. The molecule has 0 radical (unpaired) electrons. The molecule has 2 aromatic rings. The average Bonchev–Trinajstić information content (AvgIpc) is 2.64. The van der Waals surface area contributed by atoms with E-state index < -0.39 is 0 Å². The van der Waals surface area contributed by atoms with Crippen molar-refractivity contribution in [3.8, 4) is 0 Å². The van der Waals surface area contributed by atoms with Gasteiger partial charge in [-0.3, -0.25) is 4.90 Å². The minimum atomic E-state index is -0.234. The number of nitrogens with zero attached hydrogens (tertiary/aromatic N) is 1. The van der Waals surface area contributed by atoms with Gasteiger partial charge in [0, 0.05) is 25.7 Å². The lowest BCUT2D eigenvalue weighted by Crippen LogP contribution is -2.51. The van der Waals surface area contributed by atoms with E-state index in [0.717, 1.165) is 37.2 Å². The van der Waals surface area contributed by atoms with Gasteiger partial charge in [-0.15, -0.1) is 0 Å². The Labute approximate surface area is 148 Å². The third kappa shape index (κ3) is 4.65. The number of hydrogen-bond acceptors (Lipinski definition) is 2. The predicted octanol–water partition coefficient (Wildman–Crippen LogP) is 4.52. The Hall–Kier alpha value is -1.78. The lowest BCUT2D eigenvalue weighted by molar-refractivity contribution is 0.158. The van der Waals surface area contributed by atoms with Crippen LogP contribution in [0.2, 0.25) is 0 Å². The highest BCUT2D eigenvalue weighted by Crippen LogP contribution is 2.30. The van der Waals surface area contributed by atoms with Crippen molar-refractivity contribution in [3.63, 3.8) is 0 Å². The number of benzene rings is 2. The monoisotopic (exact) mass is 344 g/mol. The fourth-order valence-electron chi connectivity index (χ4n) is 3.63. The molecule has 1 heterocycles. The zero-order chi connectivity index (χ0) is 17.6. The Balaban J connectivity index is 1.87. The smallest absolute Gasteiger partial charge is 0.123 e. The molecule has 0 bridgehead atoms. The summed E-state index contributed by atoms with van der Waals surface area (Å²) in [6.07, 6.45) is 3.56. The maximum atomic E-state index is 13.4. The van der Waals surface area contributed by atoms with Crippen LogP contribution in [0.1, 0.15) is 43.4 Å². The van der Waals surface area contributed by atoms with E-state index in [9.17, 15) is 8.78 Å². The van der Waals surface area contributed by atoms with Gasteiger partial charge in [0.2, 0.25) is 0 Å². The van der Waals surface area contributed by atoms with Crippen LogP contribution in [0.25, 0.3) is 0 Å². The van der Waals surface area contributed by atoms with Gasteiger partial charge in [0.1, 0.15) is 11.6 Å². The minimum absolute atomic E-state index is 0.0208. The molecule has 1 fully saturated rings. The third-order valence-corrected chi connectivity index (χ3v) is 4.93. The molecule has 2 nitrogen and oxygen atoms in total. The van der Waals surface area contributed by atoms with E-state index in [2.05, 4.69) is 17.1 Å². The lowest BCUT2D eigenvalue weighted by atomic mass is 9.95. The maximum absolute atomic E-state index is 13.4. The zero-order valence-corrected chi connectivity index (χ0v) is 14.7. The van der Waals surface area contributed by atoms with Crippen LogP contribution in [0.4, 0.5) is 8.78 Å². The molecule has 0 amide bonds. The Morgan fingerprint density at radius 3 is 2.08 bits per heavy atom. The van der Waals surface area contributed by atoms with Crippen LogP contribution in [-0.2, 0) is 0 Å². The van der Waals surface area contributed by atoms with Gasteiger partial charge in [-0.25, -0.2) is 8.78 Å². The molecule has 1 N–H and O–H groups in total. The molecule has 1 atom stereocenters. The van der Waals surface area contributed by atoms with Gasteiger partial charge in [-0.05, 0) is 41.8 Å². The number of halogens is 2. The SMILES string of the molecule is CCCC[C@H]1CN(C(c2ccc(F)cc2)c2ccc(F)cc2)CCN1. The van der Waals surface area contributed by atoms with Crippen LogP contribution >= 0.6 is 0 Å².